The molecule has 0 spiro atoms. The fraction of sp³-hybridized carbons (Fsp3) is 0.639. The van der Waals surface area contributed by atoms with Crippen LogP contribution in [0.5, 0.6) is 5.75 Å². The lowest BCUT2D eigenvalue weighted by Gasteiger charge is -2.36. The lowest BCUT2D eigenvalue weighted by atomic mass is 9.66. The molecule has 1 fully saturated rings. The van der Waals surface area contributed by atoms with Gasteiger partial charge >= 0.3 is 0 Å². The van der Waals surface area contributed by atoms with Crippen LogP contribution in [-0.4, -0.2) is 17.8 Å². The number of hydrogen-bond acceptors (Lipinski definition) is 3. The first-order valence-electron chi connectivity index (χ1n) is 16.0. The van der Waals surface area contributed by atoms with Crippen molar-refractivity contribution in [2.45, 2.75) is 135 Å². The first kappa shape index (κ1) is 31.2. The Balaban J connectivity index is 1.47. The Morgan fingerprint density at radius 2 is 1.46 bits per heavy atom. The van der Waals surface area contributed by atoms with E-state index in [4.69, 9.17) is 9.84 Å². The van der Waals surface area contributed by atoms with Gasteiger partial charge in [-0.05, 0) is 79.7 Å². The molecular weight excluding hydrogens is 478 g/mol. The topological polar surface area (TPSA) is 53.2 Å². The van der Waals surface area contributed by atoms with Crippen molar-refractivity contribution in [2.24, 2.45) is 5.41 Å². The van der Waals surface area contributed by atoms with Crippen LogP contribution in [0, 0.1) is 16.7 Å². The summed E-state index contributed by atoms with van der Waals surface area (Å²) in [6.07, 6.45) is 20.1. The van der Waals surface area contributed by atoms with Gasteiger partial charge < -0.3 is 9.84 Å². The molecule has 2 aromatic carbocycles. The fourth-order valence-electron chi connectivity index (χ4n) is 6.38. The zero-order valence-corrected chi connectivity index (χ0v) is 24.8. The summed E-state index contributed by atoms with van der Waals surface area (Å²) >= 11 is 0. The van der Waals surface area contributed by atoms with Crippen LogP contribution >= 0.6 is 0 Å². The van der Waals surface area contributed by atoms with Crippen LogP contribution in [0.4, 0.5) is 0 Å². The summed E-state index contributed by atoms with van der Waals surface area (Å²) in [6, 6.07) is 20.4. The minimum absolute atomic E-state index is 0.143. The second-order valence-corrected chi connectivity index (χ2v) is 11.9. The molecule has 0 radical (unpaired) electrons. The summed E-state index contributed by atoms with van der Waals surface area (Å²) < 4.78 is 6.16. The fourth-order valence-corrected chi connectivity index (χ4v) is 6.38. The number of ether oxygens (including phenoxy) is 1. The van der Waals surface area contributed by atoms with E-state index in [1.807, 2.05) is 0 Å². The molecule has 3 rings (SSSR count). The molecule has 3 atom stereocenters. The molecule has 1 N–H and O–H groups in total. The van der Waals surface area contributed by atoms with E-state index in [0.29, 0.717) is 18.6 Å². The Kier molecular flexibility index (Phi) is 13.9. The minimum Gasteiger partial charge on any atom is -0.490 e. The standard InChI is InChI=1S/C36H53NO2/c1-3-15-34(4-2)39-35-23-21-31(22-24-35)30-17-19-32(20-18-30)33-16-14-26-36(28-33,29-37)25-12-10-8-6-5-7-9-11-13-27-38/h17-24,33-34,38H,3-16,25-28H2,1-2H3. The van der Waals surface area contributed by atoms with E-state index in [9.17, 15) is 5.26 Å². The summed E-state index contributed by atoms with van der Waals surface area (Å²) in [5.74, 6) is 1.45. The largest absolute Gasteiger partial charge is 0.490 e. The number of nitriles is 1. The molecule has 214 valence electrons. The summed E-state index contributed by atoms with van der Waals surface area (Å²) in [4.78, 5) is 0. The van der Waals surface area contributed by atoms with E-state index in [1.54, 1.807) is 0 Å². The van der Waals surface area contributed by atoms with Gasteiger partial charge in [0.2, 0.25) is 0 Å². The van der Waals surface area contributed by atoms with Gasteiger partial charge in [0, 0.05) is 6.61 Å². The van der Waals surface area contributed by atoms with Crippen molar-refractivity contribution >= 4 is 0 Å². The lowest BCUT2D eigenvalue weighted by molar-refractivity contribution is 0.186. The molecule has 1 aliphatic rings. The molecule has 2 aromatic rings. The van der Waals surface area contributed by atoms with Crippen molar-refractivity contribution in [2.75, 3.05) is 6.61 Å². The van der Waals surface area contributed by atoms with Crippen LogP contribution in [0.15, 0.2) is 48.5 Å². The molecule has 1 saturated carbocycles. The summed E-state index contributed by atoms with van der Waals surface area (Å²) in [6.45, 7) is 4.73. The molecule has 0 saturated heterocycles. The van der Waals surface area contributed by atoms with Crippen molar-refractivity contribution in [3.05, 3.63) is 54.1 Å². The van der Waals surface area contributed by atoms with Crippen LogP contribution < -0.4 is 4.74 Å². The highest BCUT2D eigenvalue weighted by atomic mass is 16.5. The highest BCUT2D eigenvalue weighted by molar-refractivity contribution is 5.64. The highest BCUT2D eigenvalue weighted by Gasteiger charge is 2.36. The molecule has 3 nitrogen and oxygen atoms in total. The third-order valence-corrected chi connectivity index (χ3v) is 8.83. The number of aliphatic hydroxyl groups excluding tert-OH is 1. The average molecular weight is 532 g/mol. The maximum atomic E-state index is 10.2. The maximum Gasteiger partial charge on any atom is 0.119 e. The lowest BCUT2D eigenvalue weighted by Crippen LogP contribution is -2.26. The van der Waals surface area contributed by atoms with E-state index >= 15 is 0 Å². The van der Waals surface area contributed by atoms with E-state index in [2.05, 4.69) is 68.4 Å². The van der Waals surface area contributed by atoms with Gasteiger partial charge in [-0.15, -0.1) is 0 Å². The number of aliphatic hydroxyl groups is 1. The van der Waals surface area contributed by atoms with Gasteiger partial charge in [-0.25, -0.2) is 0 Å². The van der Waals surface area contributed by atoms with Crippen LogP contribution in [0.2, 0.25) is 0 Å². The quantitative estimate of drug-likeness (QED) is 0.195. The Hall–Kier alpha value is -2.31. The summed E-state index contributed by atoms with van der Waals surface area (Å²) in [5, 5.41) is 19.1. The van der Waals surface area contributed by atoms with E-state index in [1.165, 1.54) is 68.1 Å². The average Bonchev–Trinajstić information content (AvgIpc) is 2.98. The number of nitrogens with zero attached hydrogens (tertiary/aromatic N) is 1. The van der Waals surface area contributed by atoms with Gasteiger partial charge in [-0.1, -0.05) is 114 Å². The van der Waals surface area contributed by atoms with Gasteiger partial charge in [0.15, 0.2) is 0 Å². The molecule has 3 heteroatoms. The number of benzene rings is 2. The van der Waals surface area contributed by atoms with Gasteiger partial charge in [-0.3, -0.25) is 0 Å². The van der Waals surface area contributed by atoms with Crippen LogP contribution in [0.1, 0.15) is 134 Å². The Labute approximate surface area is 239 Å². The predicted molar refractivity (Wildman–Crippen MR) is 164 cm³/mol. The van der Waals surface area contributed by atoms with E-state index in [-0.39, 0.29) is 5.41 Å². The van der Waals surface area contributed by atoms with Crippen molar-refractivity contribution in [3.63, 3.8) is 0 Å². The molecule has 39 heavy (non-hydrogen) atoms. The van der Waals surface area contributed by atoms with Crippen LogP contribution in [0.3, 0.4) is 0 Å². The predicted octanol–water partition coefficient (Wildman–Crippen LogP) is 10.4. The summed E-state index contributed by atoms with van der Waals surface area (Å²) in [7, 11) is 0. The van der Waals surface area contributed by atoms with E-state index in [0.717, 1.165) is 63.5 Å². The summed E-state index contributed by atoms with van der Waals surface area (Å²) in [5.41, 5.74) is 3.71. The maximum absolute atomic E-state index is 10.2. The highest BCUT2D eigenvalue weighted by Crippen LogP contribution is 2.47. The molecule has 3 unspecified atom stereocenters. The molecule has 0 heterocycles. The Morgan fingerprint density at radius 3 is 2.03 bits per heavy atom. The molecular formula is C36H53NO2. The smallest absolute Gasteiger partial charge is 0.119 e. The molecule has 1 aliphatic carbocycles. The second-order valence-electron chi connectivity index (χ2n) is 11.9. The van der Waals surface area contributed by atoms with Gasteiger partial charge in [0.25, 0.3) is 0 Å². The SMILES string of the molecule is CCCC(CC)Oc1ccc(-c2ccc(C3CCCC(C#N)(CCCCCCCCCCCO)C3)cc2)cc1. The molecule has 0 aromatic heterocycles. The van der Waals surface area contributed by atoms with Crippen molar-refractivity contribution < 1.29 is 9.84 Å². The number of hydrogen-bond donors (Lipinski definition) is 1. The molecule has 0 amide bonds. The van der Waals surface area contributed by atoms with Crippen molar-refractivity contribution in [3.8, 4) is 22.9 Å². The number of unbranched alkanes of at least 4 members (excludes halogenated alkanes) is 8. The van der Waals surface area contributed by atoms with Gasteiger partial charge in [0.1, 0.15) is 5.75 Å². The first-order valence-corrected chi connectivity index (χ1v) is 16.0. The van der Waals surface area contributed by atoms with Crippen molar-refractivity contribution in [1.82, 2.24) is 0 Å². The Morgan fingerprint density at radius 1 is 0.872 bits per heavy atom. The zero-order valence-electron chi connectivity index (χ0n) is 24.8. The Bertz CT molecular complexity index is 961. The van der Waals surface area contributed by atoms with Crippen molar-refractivity contribution in [1.29, 1.82) is 5.26 Å². The molecule has 0 aliphatic heterocycles. The third-order valence-electron chi connectivity index (χ3n) is 8.83. The third kappa shape index (κ3) is 10.3. The van der Waals surface area contributed by atoms with E-state index < -0.39 is 0 Å². The second kappa shape index (κ2) is 17.4. The number of rotatable bonds is 18. The normalized spacial score (nSPS) is 19.9. The minimum atomic E-state index is -0.143. The zero-order chi connectivity index (χ0) is 27.8. The van der Waals surface area contributed by atoms with Crippen LogP contribution in [0.25, 0.3) is 11.1 Å². The molecule has 0 bridgehead atoms. The first-order chi connectivity index (χ1) is 19.1. The van der Waals surface area contributed by atoms with Gasteiger partial charge in [0.05, 0.1) is 17.6 Å². The monoisotopic (exact) mass is 531 g/mol. The van der Waals surface area contributed by atoms with Crippen LogP contribution in [-0.2, 0) is 0 Å². The van der Waals surface area contributed by atoms with Gasteiger partial charge in [-0.2, -0.15) is 5.26 Å².